The zero-order chi connectivity index (χ0) is 24.7. The van der Waals surface area contributed by atoms with E-state index in [4.69, 9.17) is 16.3 Å². The smallest absolute Gasteiger partial charge is 0.295 e. The number of pyridine rings is 2. The highest BCUT2D eigenvalue weighted by atomic mass is 35.5. The molecule has 1 aromatic carbocycles. The van der Waals surface area contributed by atoms with Gasteiger partial charge in [0.1, 0.15) is 29.6 Å². The molecule has 2 aromatic heterocycles. The molecule has 7 nitrogen and oxygen atoms in total. The van der Waals surface area contributed by atoms with Crippen LogP contribution in [0, 0.1) is 11.3 Å². The Morgan fingerprint density at radius 3 is 2.66 bits per heavy atom. The Morgan fingerprint density at radius 1 is 1.20 bits per heavy atom. The Balaban J connectivity index is 1.58. The van der Waals surface area contributed by atoms with E-state index in [1.807, 2.05) is 12.1 Å². The lowest BCUT2D eigenvalue weighted by Crippen LogP contribution is -2.62. The van der Waals surface area contributed by atoms with Crippen LogP contribution in [0.1, 0.15) is 50.4 Å². The van der Waals surface area contributed by atoms with Crippen LogP contribution in [0.5, 0.6) is 5.75 Å². The summed E-state index contributed by atoms with van der Waals surface area (Å²) in [5.41, 5.74) is 3.53. The maximum Gasteiger partial charge on any atom is 0.295 e. The van der Waals surface area contributed by atoms with Crippen LogP contribution in [0.25, 0.3) is 11.0 Å². The molecule has 0 spiro atoms. The fourth-order valence-corrected chi connectivity index (χ4v) is 5.75. The second kappa shape index (κ2) is 9.52. The summed E-state index contributed by atoms with van der Waals surface area (Å²) in [5.74, 6) is 0.338. The molecule has 0 amide bonds. The highest BCUT2D eigenvalue weighted by molar-refractivity contribution is 6.30. The van der Waals surface area contributed by atoms with E-state index in [1.54, 1.807) is 23.7 Å². The van der Waals surface area contributed by atoms with E-state index in [-0.39, 0.29) is 17.6 Å². The van der Waals surface area contributed by atoms with Crippen molar-refractivity contribution in [2.24, 2.45) is 7.05 Å². The van der Waals surface area contributed by atoms with Gasteiger partial charge >= 0.3 is 0 Å². The Morgan fingerprint density at radius 2 is 1.97 bits per heavy atom. The highest BCUT2D eigenvalue weighted by Gasteiger charge is 2.42. The van der Waals surface area contributed by atoms with E-state index in [0.29, 0.717) is 35.1 Å². The lowest BCUT2D eigenvalue weighted by atomic mass is 9.93. The molecule has 0 aliphatic carbocycles. The van der Waals surface area contributed by atoms with E-state index >= 15 is 0 Å². The molecule has 0 saturated carbocycles. The van der Waals surface area contributed by atoms with E-state index < -0.39 is 0 Å². The summed E-state index contributed by atoms with van der Waals surface area (Å²) in [6.45, 7) is 6.48. The molecule has 3 atom stereocenters. The molecule has 35 heavy (non-hydrogen) atoms. The Labute approximate surface area is 210 Å². The molecule has 2 aliphatic rings. The lowest BCUT2D eigenvalue weighted by Gasteiger charge is -2.51. The fraction of sp³-hybridized carbons (Fsp3) is 0.444. The molecule has 4 heterocycles. The van der Waals surface area contributed by atoms with Gasteiger partial charge in [-0.15, -0.1) is 0 Å². The first-order valence-corrected chi connectivity index (χ1v) is 12.7. The average Bonchev–Trinajstić information content (AvgIpc) is 2.89. The normalized spacial score (nSPS) is 20.6. The second-order valence-corrected chi connectivity index (χ2v) is 9.89. The minimum atomic E-state index is -0.169. The largest absolute Gasteiger partial charge is 0.484 e. The number of nitrogens with zero attached hydrogens (tertiary/aromatic N) is 5. The first kappa shape index (κ1) is 23.7. The van der Waals surface area contributed by atoms with Crippen LogP contribution in [0.3, 0.4) is 0 Å². The molecule has 8 heteroatoms. The molecule has 0 N–H and O–H groups in total. The van der Waals surface area contributed by atoms with Crippen LogP contribution in [-0.2, 0) is 7.05 Å². The Hall–Kier alpha value is -3.08. The zero-order valence-electron chi connectivity index (χ0n) is 20.4. The zero-order valence-corrected chi connectivity index (χ0v) is 21.1. The van der Waals surface area contributed by atoms with Crippen LogP contribution in [-0.4, -0.2) is 46.2 Å². The van der Waals surface area contributed by atoms with Crippen molar-refractivity contribution in [3.05, 3.63) is 63.0 Å². The van der Waals surface area contributed by atoms with Crippen molar-refractivity contribution in [2.45, 2.75) is 51.2 Å². The molecule has 1 saturated heterocycles. The molecule has 0 unspecified atom stereocenters. The quantitative estimate of drug-likeness (QED) is 0.516. The van der Waals surface area contributed by atoms with Crippen LogP contribution in [0.2, 0.25) is 5.02 Å². The van der Waals surface area contributed by atoms with Gasteiger partial charge < -0.3 is 14.2 Å². The van der Waals surface area contributed by atoms with E-state index in [0.717, 1.165) is 43.1 Å². The number of aryl methyl sites for hydroxylation is 1. The van der Waals surface area contributed by atoms with Gasteiger partial charge in [-0.1, -0.05) is 44.0 Å². The van der Waals surface area contributed by atoms with Crippen LogP contribution in [0.4, 0.5) is 5.69 Å². The van der Waals surface area contributed by atoms with Gasteiger partial charge in [0.15, 0.2) is 0 Å². The monoisotopic (exact) mass is 491 g/mol. The van der Waals surface area contributed by atoms with Crippen molar-refractivity contribution in [3.63, 3.8) is 0 Å². The summed E-state index contributed by atoms with van der Waals surface area (Å²) >= 11 is 6.18. The molecule has 0 bridgehead atoms. The minimum Gasteiger partial charge on any atom is -0.484 e. The Kier molecular flexibility index (Phi) is 6.43. The number of rotatable bonds is 5. The average molecular weight is 492 g/mol. The third-order valence-electron chi connectivity index (χ3n) is 7.42. The summed E-state index contributed by atoms with van der Waals surface area (Å²) in [4.78, 5) is 22.7. The van der Waals surface area contributed by atoms with Gasteiger partial charge in [0.2, 0.25) is 5.75 Å². The number of piperazine rings is 1. The number of halogens is 1. The lowest BCUT2D eigenvalue weighted by molar-refractivity contribution is 0.0696. The van der Waals surface area contributed by atoms with Crippen molar-refractivity contribution in [2.75, 3.05) is 24.6 Å². The predicted octanol–water partition coefficient (Wildman–Crippen LogP) is 4.66. The maximum atomic E-state index is 13.2. The van der Waals surface area contributed by atoms with E-state index in [1.165, 1.54) is 5.56 Å². The summed E-state index contributed by atoms with van der Waals surface area (Å²) in [6, 6.07) is 14.5. The van der Waals surface area contributed by atoms with Crippen molar-refractivity contribution in [1.82, 2.24) is 14.5 Å². The number of benzene rings is 1. The number of anilines is 1. The molecular weight excluding hydrogens is 462 g/mol. The van der Waals surface area contributed by atoms with Crippen LogP contribution < -0.4 is 15.2 Å². The number of fused-ring (bicyclic) bond motifs is 5. The van der Waals surface area contributed by atoms with Gasteiger partial charge in [-0.05, 0) is 42.7 Å². The van der Waals surface area contributed by atoms with Crippen molar-refractivity contribution >= 4 is 28.3 Å². The summed E-state index contributed by atoms with van der Waals surface area (Å²) in [6.07, 6.45) is 3.11. The van der Waals surface area contributed by atoms with Gasteiger partial charge in [0.05, 0.1) is 11.6 Å². The topological polar surface area (TPSA) is 74.4 Å². The Bertz CT molecular complexity index is 1350. The van der Waals surface area contributed by atoms with E-state index in [2.05, 4.69) is 46.8 Å². The van der Waals surface area contributed by atoms with Gasteiger partial charge in [0, 0.05) is 37.2 Å². The number of ether oxygens (including phenoxy) is 1. The number of hydrogen-bond donors (Lipinski definition) is 0. The summed E-state index contributed by atoms with van der Waals surface area (Å²) in [5, 5.41) is 10.2. The molecule has 0 radical (unpaired) electrons. The highest BCUT2D eigenvalue weighted by Crippen LogP contribution is 2.41. The van der Waals surface area contributed by atoms with Crippen LogP contribution >= 0.6 is 11.6 Å². The number of hydrogen-bond acceptors (Lipinski definition) is 6. The van der Waals surface area contributed by atoms with Crippen molar-refractivity contribution in [1.29, 1.82) is 5.26 Å². The first-order valence-electron chi connectivity index (χ1n) is 12.3. The van der Waals surface area contributed by atoms with E-state index in [9.17, 15) is 10.1 Å². The van der Waals surface area contributed by atoms with Gasteiger partial charge in [-0.2, -0.15) is 5.26 Å². The second-order valence-electron chi connectivity index (χ2n) is 9.45. The number of nitriles is 1. The summed E-state index contributed by atoms with van der Waals surface area (Å²) in [7, 11) is 1.72. The van der Waals surface area contributed by atoms with Crippen molar-refractivity contribution in [3.8, 4) is 11.8 Å². The molecular formula is C27H30ClN5O2. The number of aromatic nitrogens is 2. The molecule has 5 rings (SSSR count). The standard InChI is InChI=1S/C27H30ClN5O2/c1-4-6-22(17-7-9-18(28)10-8-17)32-15-21-16-35-26-25(33(21)14-20(32)5-2)24-23(31(3)27(26)34)12-11-19(13-29)30-24/h7-12,20-22H,4-6,14-16H2,1-3H3/t20-,21+,22+/m1/s1. The van der Waals surface area contributed by atoms with Crippen molar-refractivity contribution < 1.29 is 4.74 Å². The van der Waals surface area contributed by atoms with Gasteiger partial charge in [0.25, 0.3) is 5.56 Å². The predicted molar refractivity (Wildman–Crippen MR) is 138 cm³/mol. The first-order chi connectivity index (χ1) is 17.0. The molecule has 3 aromatic rings. The molecule has 182 valence electrons. The molecule has 2 aliphatic heterocycles. The SMILES string of the molecule is CCC[C@@H](c1ccc(Cl)cc1)N1C[C@H]2COc3c(c4nc(C#N)ccc4n(C)c3=O)N2C[C@H]1CC. The fourth-order valence-electron chi connectivity index (χ4n) is 5.62. The molecule has 1 fully saturated rings. The van der Waals surface area contributed by atoms with Gasteiger partial charge in [-0.25, -0.2) is 4.98 Å². The maximum absolute atomic E-state index is 13.2. The van der Waals surface area contributed by atoms with Gasteiger partial charge in [-0.3, -0.25) is 9.69 Å². The van der Waals surface area contributed by atoms with Crippen LogP contribution in [0.15, 0.2) is 41.2 Å². The third kappa shape index (κ3) is 4.05. The third-order valence-corrected chi connectivity index (χ3v) is 7.67. The minimum absolute atomic E-state index is 0.0832. The summed E-state index contributed by atoms with van der Waals surface area (Å²) < 4.78 is 7.69.